The lowest BCUT2D eigenvalue weighted by molar-refractivity contribution is -0.142. The molecule has 0 spiro atoms. The number of carbonyl (C=O) groups is 2. The Kier molecular flexibility index (Phi) is 5.08. The molecular formula is C17H17FN2O5. The number of carboxylic acids is 1. The zero-order valence-corrected chi connectivity index (χ0v) is 13.3. The summed E-state index contributed by atoms with van der Waals surface area (Å²) in [5.41, 5.74) is 0.863. The van der Waals surface area contributed by atoms with Crippen LogP contribution < -0.4 is 0 Å². The Morgan fingerprint density at radius 3 is 2.80 bits per heavy atom. The topological polar surface area (TPSA) is 92.9 Å². The molecule has 0 bridgehead atoms. The second-order valence-corrected chi connectivity index (χ2v) is 5.75. The standard InChI is InChI=1S/C17H17FN2O5/c18-13-7-20(6-12(13)11-4-2-1-3-5-11)17(23)16-14(25-10-19-16)8-24-9-15(21)22/h1-5,10,12-13H,6-9H2,(H,21,22)/t12-,13-/m1/s1. The highest BCUT2D eigenvalue weighted by Gasteiger charge is 2.38. The van der Waals surface area contributed by atoms with Crippen LogP contribution in [0.4, 0.5) is 4.39 Å². The van der Waals surface area contributed by atoms with Crippen LogP contribution in [0.25, 0.3) is 0 Å². The fourth-order valence-corrected chi connectivity index (χ4v) is 2.87. The predicted molar refractivity (Wildman–Crippen MR) is 83.8 cm³/mol. The van der Waals surface area contributed by atoms with Crippen molar-refractivity contribution >= 4 is 11.9 Å². The number of benzene rings is 1. The molecular weight excluding hydrogens is 331 g/mol. The van der Waals surface area contributed by atoms with Crippen molar-refractivity contribution < 1.29 is 28.2 Å². The highest BCUT2D eigenvalue weighted by molar-refractivity contribution is 5.93. The number of aromatic nitrogens is 1. The second-order valence-electron chi connectivity index (χ2n) is 5.75. The van der Waals surface area contributed by atoms with E-state index in [9.17, 15) is 14.0 Å². The number of rotatable bonds is 6. The lowest BCUT2D eigenvalue weighted by Crippen LogP contribution is -2.30. The first-order valence-electron chi connectivity index (χ1n) is 7.76. The number of ether oxygens (including phenoxy) is 1. The first kappa shape index (κ1) is 17.1. The van der Waals surface area contributed by atoms with E-state index in [4.69, 9.17) is 14.3 Å². The highest BCUT2D eigenvalue weighted by atomic mass is 19.1. The molecule has 0 saturated carbocycles. The van der Waals surface area contributed by atoms with Crippen LogP contribution in [0.5, 0.6) is 0 Å². The molecule has 1 aromatic carbocycles. The van der Waals surface area contributed by atoms with Crippen molar-refractivity contribution in [2.24, 2.45) is 0 Å². The largest absolute Gasteiger partial charge is 0.480 e. The molecule has 7 nitrogen and oxygen atoms in total. The monoisotopic (exact) mass is 348 g/mol. The Labute approximate surface area is 143 Å². The second kappa shape index (κ2) is 7.43. The van der Waals surface area contributed by atoms with E-state index in [1.165, 1.54) is 4.90 Å². The van der Waals surface area contributed by atoms with Gasteiger partial charge in [0.05, 0.1) is 6.54 Å². The van der Waals surface area contributed by atoms with E-state index in [0.717, 1.165) is 12.0 Å². The fraction of sp³-hybridized carbons (Fsp3) is 0.353. The Morgan fingerprint density at radius 2 is 2.08 bits per heavy atom. The van der Waals surface area contributed by atoms with Gasteiger partial charge in [0, 0.05) is 12.5 Å². The number of likely N-dealkylation sites (tertiary alicyclic amines) is 1. The van der Waals surface area contributed by atoms with E-state index in [1.54, 1.807) is 0 Å². The maximum atomic E-state index is 14.4. The van der Waals surface area contributed by atoms with E-state index in [2.05, 4.69) is 4.98 Å². The van der Waals surface area contributed by atoms with Gasteiger partial charge in [-0.3, -0.25) is 4.79 Å². The van der Waals surface area contributed by atoms with Crippen LogP contribution in [-0.4, -0.2) is 52.7 Å². The van der Waals surface area contributed by atoms with Gasteiger partial charge in [-0.25, -0.2) is 14.2 Å². The minimum absolute atomic E-state index is 0.0197. The van der Waals surface area contributed by atoms with E-state index >= 15 is 0 Å². The van der Waals surface area contributed by atoms with Gasteiger partial charge in [-0.2, -0.15) is 0 Å². The predicted octanol–water partition coefficient (Wildman–Crippen LogP) is 1.85. The zero-order valence-electron chi connectivity index (χ0n) is 13.3. The Morgan fingerprint density at radius 1 is 1.32 bits per heavy atom. The van der Waals surface area contributed by atoms with Gasteiger partial charge in [0.1, 0.15) is 19.4 Å². The van der Waals surface area contributed by atoms with Gasteiger partial charge in [0.25, 0.3) is 5.91 Å². The third kappa shape index (κ3) is 3.85. The van der Waals surface area contributed by atoms with Gasteiger partial charge in [-0.15, -0.1) is 0 Å². The molecule has 132 valence electrons. The third-order valence-electron chi connectivity index (χ3n) is 4.07. The molecule has 1 amide bonds. The summed E-state index contributed by atoms with van der Waals surface area (Å²) in [5, 5.41) is 8.57. The summed E-state index contributed by atoms with van der Waals surface area (Å²) in [6.45, 7) is -0.490. The van der Waals surface area contributed by atoms with E-state index in [0.29, 0.717) is 0 Å². The Bertz CT molecular complexity index is 749. The number of amides is 1. The number of aliphatic carboxylic acids is 1. The van der Waals surface area contributed by atoms with E-state index in [1.807, 2.05) is 30.3 Å². The lowest BCUT2D eigenvalue weighted by atomic mass is 9.97. The molecule has 3 rings (SSSR count). The SMILES string of the molecule is O=C(O)COCc1ocnc1C(=O)N1C[C@@H](F)[C@@H](c2ccccc2)C1. The molecule has 25 heavy (non-hydrogen) atoms. The van der Waals surface area contributed by atoms with Gasteiger partial charge in [-0.1, -0.05) is 30.3 Å². The van der Waals surface area contributed by atoms with E-state index < -0.39 is 24.7 Å². The molecule has 1 aliphatic rings. The number of alkyl halides is 1. The zero-order chi connectivity index (χ0) is 17.8. The van der Waals surface area contributed by atoms with Gasteiger partial charge in [0.2, 0.25) is 0 Å². The summed E-state index contributed by atoms with van der Waals surface area (Å²) >= 11 is 0. The maximum absolute atomic E-state index is 14.4. The van der Waals surface area contributed by atoms with Crippen LogP contribution in [0.15, 0.2) is 41.1 Å². The van der Waals surface area contributed by atoms with Crippen molar-refractivity contribution in [3.8, 4) is 0 Å². The van der Waals surface area contributed by atoms with Crippen molar-refractivity contribution in [2.75, 3.05) is 19.7 Å². The summed E-state index contributed by atoms with van der Waals surface area (Å²) in [7, 11) is 0. The minimum Gasteiger partial charge on any atom is -0.480 e. The van der Waals surface area contributed by atoms with Crippen LogP contribution in [0.1, 0.15) is 27.7 Å². The first-order chi connectivity index (χ1) is 12.1. The third-order valence-corrected chi connectivity index (χ3v) is 4.07. The average Bonchev–Trinajstić information content (AvgIpc) is 3.21. The summed E-state index contributed by atoms with van der Waals surface area (Å²) in [4.78, 5) is 28.4. The van der Waals surface area contributed by atoms with Crippen LogP contribution >= 0.6 is 0 Å². The molecule has 2 heterocycles. The molecule has 0 unspecified atom stereocenters. The normalized spacial score (nSPS) is 20.0. The fourth-order valence-electron chi connectivity index (χ4n) is 2.87. The molecule has 2 aromatic rings. The Balaban J connectivity index is 1.68. The van der Waals surface area contributed by atoms with Gasteiger partial charge in [0.15, 0.2) is 17.8 Å². The summed E-state index contributed by atoms with van der Waals surface area (Å²) in [6.07, 6.45) is -0.0744. The molecule has 0 radical (unpaired) electrons. The van der Waals surface area contributed by atoms with Gasteiger partial charge in [-0.05, 0) is 5.56 Å². The smallest absolute Gasteiger partial charge is 0.329 e. The van der Waals surface area contributed by atoms with Crippen LogP contribution in [0.2, 0.25) is 0 Å². The summed E-state index contributed by atoms with van der Waals surface area (Å²) in [6, 6.07) is 9.20. The van der Waals surface area contributed by atoms with Crippen LogP contribution in [0, 0.1) is 0 Å². The first-order valence-corrected chi connectivity index (χ1v) is 7.76. The number of hydrogen-bond acceptors (Lipinski definition) is 5. The van der Waals surface area contributed by atoms with Crippen molar-refractivity contribution in [1.29, 1.82) is 0 Å². The number of nitrogens with zero attached hydrogens (tertiary/aromatic N) is 2. The summed E-state index contributed by atoms with van der Waals surface area (Å²) in [5.74, 6) is -1.84. The average molecular weight is 348 g/mol. The number of carbonyl (C=O) groups excluding carboxylic acids is 1. The van der Waals surface area contributed by atoms with Crippen molar-refractivity contribution in [3.05, 3.63) is 53.7 Å². The molecule has 0 aliphatic carbocycles. The minimum atomic E-state index is -1.16. The number of oxazole rings is 1. The molecule has 1 aromatic heterocycles. The van der Waals surface area contributed by atoms with Gasteiger partial charge < -0.3 is 19.2 Å². The molecule has 1 saturated heterocycles. The molecule has 1 N–H and O–H groups in total. The molecule has 2 atom stereocenters. The number of carboxylic acid groups (broad SMARTS) is 1. The molecule has 8 heteroatoms. The molecule has 1 fully saturated rings. The van der Waals surface area contributed by atoms with Crippen molar-refractivity contribution in [2.45, 2.75) is 18.7 Å². The quantitative estimate of drug-likeness (QED) is 0.856. The van der Waals surface area contributed by atoms with Crippen LogP contribution in [0.3, 0.4) is 0 Å². The summed E-state index contributed by atoms with van der Waals surface area (Å²) < 4.78 is 24.4. The van der Waals surface area contributed by atoms with Crippen LogP contribution in [-0.2, 0) is 16.1 Å². The van der Waals surface area contributed by atoms with Crippen molar-refractivity contribution in [1.82, 2.24) is 9.88 Å². The van der Waals surface area contributed by atoms with Crippen molar-refractivity contribution in [3.63, 3.8) is 0 Å². The highest BCUT2D eigenvalue weighted by Crippen LogP contribution is 2.30. The lowest BCUT2D eigenvalue weighted by Gasteiger charge is -2.15. The number of hydrogen-bond donors (Lipinski definition) is 1. The molecule has 1 aliphatic heterocycles. The number of halogens is 1. The Hall–Kier alpha value is -2.74. The maximum Gasteiger partial charge on any atom is 0.329 e. The van der Waals surface area contributed by atoms with Gasteiger partial charge >= 0.3 is 5.97 Å². The van der Waals surface area contributed by atoms with E-state index in [-0.39, 0.29) is 37.1 Å².